The van der Waals surface area contributed by atoms with Gasteiger partial charge in [0.1, 0.15) is 0 Å². The molecule has 0 aliphatic carbocycles. The fraction of sp³-hybridized carbons (Fsp3) is 0.462. The van der Waals surface area contributed by atoms with Crippen LogP contribution in [0, 0.1) is 0 Å². The maximum atomic E-state index is 11.2. The zero-order valence-corrected chi connectivity index (χ0v) is 13.3. The Balaban J connectivity index is 1.90. The summed E-state index contributed by atoms with van der Waals surface area (Å²) in [6.07, 6.45) is 2.28. The molecule has 21 heavy (non-hydrogen) atoms. The first-order chi connectivity index (χ1) is 9.86. The van der Waals surface area contributed by atoms with Crippen LogP contribution in [-0.2, 0) is 14.8 Å². The lowest BCUT2D eigenvalue weighted by molar-refractivity contribution is 0.0895. The monoisotopic (exact) mass is 329 g/mol. The Labute approximate surface area is 130 Å². The van der Waals surface area contributed by atoms with Gasteiger partial charge in [0.05, 0.1) is 17.0 Å². The zero-order valence-electron chi connectivity index (χ0n) is 11.7. The lowest BCUT2D eigenvalue weighted by Gasteiger charge is -2.22. The third-order valence-corrected chi connectivity index (χ3v) is 4.47. The molecule has 2 atom stereocenters. The molecule has 0 amide bonds. The van der Waals surface area contributed by atoms with Gasteiger partial charge in [0, 0.05) is 12.3 Å². The second-order valence-electron chi connectivity index (χ2n) is 5.01. The molecular weight excluding hydrogens is 310 g/mol. The second kappa shape index (κ2) is 6.69. The van der Waals surface area contributed by atoms with Gasteiger partial charge in [-0.2, -0.15) is 0 Å². The van der Waals surface area contributed by atoms with Crippen LogP contribution in [0.4, 0.5) is 5.69 Å². The summed E-state index contributed by atoms with van der Waals surface area (Å²) in [6.45, 7) is 2.82. The molecule has 0 aromatic heterocycles. The van der Waals surface area contributed by atoms with E-state index in [1.54, 1.807) is 12.1 Å². The topological polar surface area (TPSA) is 93.5 Å². The number of hydrogen-bond donors (Lipinski definition) is 3. The van der Waals surface area contributed by atoms with E-state index in [0.717, 1.165) is 19.4 Å². The minimum Gasteiger partial charge on any atom is -0.376 e. The zero-order chi connectivity index (χ0) is 15.5. The van der Waals surface area contributed by atoms with Crippen molar-refractivity contribution in [1.29, 1.82) is 0 Å². The number of benzene rings is 1. The lowest BCUT2D eigenvalue weighted by Crippen LogP contribution is -2.42. The number of nitrogens with two attached hydrogens (primary N) is 1. The summed E-state index contributed by atoms with van der Waals surface area (Å²) in [7, 11) is -3.67. The fourth-order valence-electron chi connectivity index (χ4n) is 2.19. The van der Waals surface area contributed by atoms with Crippen molar-refractivity contribution in [2.24, 2.45) is 5.14 Å². The van der Waals surface area contributed by atoms with E-state index in [1.165, 1.54) is 12.1 Å². The van der Waals surface area contributed by atoms with Crippen molar-refractivity contribution in [1.82, 2.24) is 5.32 Å². The van der Waals surface area contributed by atoms with Crippen molar-refractivity contribution in [3.63, 3.8) is 0 Å². The predicted molar refractivity (Wildman–Crippen MR) is 85.6 cm³/mol. The average molecular weight is 329 g/mol. The van der Waals surface area contributed by atoms with E-state index in [0.29, 0.717) is 10.8 Å². The highest BCUT2D eigenvalue weighted by Crippen LogP contribution is 2.16. The van der Waals surface area contributed by atoms with Gasteiger partial charge < -0.3 is 15.4 Å². The third-order valence-electron chi connectivity index (χ3n) is 3.32. The smallest absolute Gasteiger partial charge is 0.238 e. The van der Waals surface area contributed by atoms with E-state index >= 15 is 0 Å². The minimum atomic E-state index is -3.67. The molecular formula is C13H19N3O3S2. The van der Waals surface area contributed by atoms with Gasteiger partial charge in [-0.1, -0.05) is 0 Å². The molecule has 1 aliphatic heterocycles. The molecule has 0 spiro atoms. The van der Waals surface area contributed by atoms with Crippen LogP contribution in [0.5, 0.6) is 0 Å². The van der Waals surface area contributed by atoms with E-state index in [2.05, 4.69) is 10.6 Å². The van der Waals surface area contributed by atoms with Crippen molar-refractivity contribution in [3.8, 4) is 0 Å². The first-order valence-corrected chi connectivity index (χ1v) is 8.64. The summed E-state index contributed by atoms with van der Waals surface area (Å²) < 4.78 is 27.9. The Bertz CT molecular complexity index is 596. The summed E-state index contributed by atoms with van der Waals surface area (Å²) in [5, 5.41) is 11.7. The van der Waals surface area contributed by atoms with Gasteiger partial charge >= 0.3 is 0 Å². The van der Waals surface area contributed by atoms with Crippen LogP contribution in [0.1, 0.15) is 19.8 Å². The van der Waals surface area contributed by atoms with E-state index in [-0.39, 0.29) is 17.0 Å². The number of anilines is 1. The van der Waals surface area contributed by atoms with E-state index in [1.807, 2.05) is 6.92 Å². The molecule has 4 N–H and O–H groups in total. The summed E-state index contributed by atoms with van der Waals surface area (Å²) in [5.74, 6) is 0. The molecule has 6 nitrogen and oxygen atoms in total. The molecule has 1 aromatic rings. The average Bonchev–Trinajstić information content (AvgIpc) is 2.92. The highest BCUT2D eigenvalue weighted by atomic mass is 32.2. The van der Waals surface area contributed by atoms with Crippen LogP contribution >= 0.6 is 12.2 Å². The Morgan fingerprint density at radius 1 is 1.43 bits per heavy atom. The summed E-state index contributed by atoms with van der Waals surface area (Å²) in [4.78, 5) is 0.0691. The fourth-order valence-corrected chi connectivity index (χ4v) is 3.01. The van der Waals surface area contributed by atoms with Crippen LogP contribution in [-0.4, -0.2) is 32.3 Å². The maximum absolute atomic E-state index is 11.2. The van der Waals surface area contributed by atoms with E-state index < -0.39 is 10.0 Å². The van der Waals surface area contributed by atoms with Crippen molar-refractivity contribution in [2.45, 2.75) is 36.8 Å². The molecule has 0 bridgehead atoms. The molecule has 0 radical (unpaired) electrons. The molecule has 1 aromatic carbocycles. The molecule has 8 heteroatoms. The highest BCUT2D eigenvalue weighted by molar-refractivity contribution is 7.89. The number of sulfonamides is 1. The van der Waals surface area contributed by atoms with Crippen LogP contribution in [0.15, 0.2) is 29.2 Å². The van der Waals surface area contributed by atoms with Gasteiger partial charge in [-0.3, -0.25) is 0 Å². The van der Waals surface area contributed by atoms with Gasteiger partial charge in [-0.25, -0.2) is 13.6 Å². The first-order valence-electron chi connectivity index (χ1n) is 6.68. The normalized spacial score (nSPS) is 20.0. The first kappa shape index (κ1) is 16.2. The summed E-state index contributed by atoms with van der Waals surface area (Å²) >= 11 is 5.23. The Morgan fingerprint density at radius 3 is 2.62 bits per heavy atom. The highest BCUT2D eigenvalue weighted by Gasteiger charge is 2.22. The molecule has 1 heterocycles. The van der Waals surface area contributed by atoms with Gasteiger partial charge in [-0.15, -0.1) is 0 Å². The Morgan fingerprint density at radius 2 is 2.10 bits per heavy atom. The quantitative estimate of drug-likeness (QED) is 0.719. The Hall–Kier alpha value is -1.22. The summed E-state index contributed by atoms with van der Waals surface area (Å²) in [6, 6.07) is 6.22. The van der Waals surface area contributed by atoms with Crippen LogP contribution in [0.3, 0.4) is 0 Å². The number of primary sulfonamides is 1. The van der Waals surface area contributed by atoms with Crippen molar-refractivity contribution in [2.75, 3.05) is 11.9 Å². The van der Waals surface area contributed by atoms with Crippen molar-refractivity contribution >= 4 is 33.0 Å². The van der Waals surface area contributed by atoms with Gasteiger partial charge in [0.15, 0.2) is 5.11 Å². The number of hydrogen-bond acceptors (Lipinski definition) is 4. The molecule has 0 saturated carbocycles. The van der Waals surface area contributed by atoms with Crippen LogP contribution < -0.4 is 15.8 Å². The standard InChI is InChI=1S/C13H19N3O3S2/c1-9(12-3-2-8-19-12)15-13(20)16-10-4-6-11(7-5-10)21(14,17)18/h4-7,9,12H,2-3,8H2,1H3,(H2,14,17,18)(H2,15,16,20). The van der Waals surface area contributed by atoms with Crippen LogP contribution in [0.25, 0.3) is 0 Å². The van der Waals surface area contributed by atoms with Crippen molar-refractivity contribution in [3.05, 3.63) is 24.3 Å². The molecule has 116 valence electrons. The molecule has 2 rings (SSSR count). The number of ether oxygens (including phenoxy) is 1. The predicted octanol–water partition coefficient (Wildman–Crippen LogP) is 1.19. The molecule has 1 fully saturated rings. The molecule has 1 aliphatic rings. The lowest BCUT2D eigenvalue weighted by atomic mass is 10.1. The number of nitrogens with one attached hydrogen (secondary N) is 2. The van der Waals surface area contributed by atoms with E-state index in [4.69, 9.17) is 22.1 Å². The van der Waals surface area contributed by atoms with Gasteiger partial charge in [0.25, 0.3) is 0 Å². The second-order valence-corrected chi connectivity index (χ2v) is 6.98. The van der Waals surface area contributed by atoms with Crippen LogP contribution in [0.2, 0.25) is 0 Å². The largest absolute Gasteiger partial charge is 0.376 e. The van der Waals surface area contributed by atoms with Crippen molar-refractivity contribution < 1.29 is 13.2 Å². The van der Waals surface area contributed by atoms with Gasteiger partial charge in [0.2, 0.25) is 10.0 Å². The minimum absolute atomic E-state index is 0.0691. The number of thiocarbonyl (C=S) groups is 1. The van der Waals surface area contributed by atoms with E-state index in [9.17, 15) is 8.42 Å². The Kier molecular flexibility index (Phi) is 5.15. The molecule has 1 saturated heterocycles. The summed E-state index contributed by atoms with van der Waals surface area (Å²) in [5.41, 5.74) is 0.694. The third kappa shape index (κ3) is 4.63. The number of rotatable bonds is 4. The SMILES string of the molecule is CC(NC(=S)Nc1ccc(S(N)(=O)=O)cc1)C1CCCO1. The molecule has 2 unspecified atom stereocenters. The maximum Gasteiger partial charge on any atom is 0.238 e. The van der Waals surface area contributed by atoms with Gasteiger partial charge in [-0.05, 0) is 56.2 Å².